The van der Waals surface area contributed by atoms with Gasteiger partial charge in [-0.3, -0.25) is 4.57 Å². The summed E-state index contributed by atoms with van der Waals surface area (Å²) in [5.74, 6) is -0.817. The largest absolute Gasteiger partial charge is 0.457 e. The van der Waals surface area contributed by atoms with Crippen LogP contribution in [-0.4, -0.2) is 45.0 Å². The number of benzene rings is 1. The molecule has 30 heavy (non-hydrogen) atoms. The summed E-state index contributed by atoms with van der Waals surface area (Å²) in [5, 5.41) is 6.80. The molecule has 4 rings (SSSR count). The molecule has 0 bridgehead atoms. The number of hydrogen-bond donors (Lipinski definition) is 0. The smallest absolute Gasteiger partial charge is 0.338 e. The van der Waals surface area contributed by atoms with Gasteiger partial charge < -0.3 is 14.2 Å². The summed E-state index contributed by atoms with van der Waals surface area (Å²) in [6.07, 6.45) is -0.0413. The van der Waals surface area contributed by atoms with Crippen molar-refractivity contribution in [2.75, 3.05) is 13.2 Å². The fourth-order valence-electron chi connectivity index (χ4n) is 2.78. The van der Waals surface area contributed by atoms with Crippen molar-refractivity contribution in [1.82, 2.24) is 19.5 Å². The first-order valence-corrected chi connectivity index (χ1v) is 8.53. The fraction of sp³-hybridized carbons (Fsp3) is 0.250. The highest BCUT2D eigenvalue weighted by molar-refractivity contribution is 5.89. The summed E-state index contributed by atoms with van der Waals surface area (Å²) in [6, 6.07) is 8.54. The Morgan fingerprint density at radius 1 is 1.23 bits per heavy atom. The second kappa shape index (κ2) is 8.43. The molecule has 0 saturated carbocycles. The third-order valence-corrected chi connectivity index (χ3v) is 4.07. The molecule has 0 unspecified atom stereocenters. The van der Waals surface area contributed by atoms with E-state index in [-0.39, 0.29) is 36.1 Å². The molecule has 2 atom stereocenters. The van der Waals surface area contributed by atoms with Crippen molar-refractivity contribution < 1.29 is 19.0 Å². The van der Waals surface area contributed by atoms with E-state index in [1.807, 2.05) is 0 Å². The van der Waals surface area contributed by atoms with Crippen LogP contribution in [0.3, 0.4) is 0 Å². The minimum Gasteiger partial charge on any atom is -0.457 e. The van der Waals surface area contributed by atoms with E-state index in [9.17, 15) is 4.79 Å². The number of imidazole rings is 1. The summed E-state index contributed by atoms with van der Waals surface area (Å²) in [4.78, 5) is 29.5. The Balaban J connectivity index is 1.50. The number of esters is 1. The lowest BCUT2D eigenvalue weighted by atomic mass is 10.2. The van der Waals surface area contributed by atoms with Crippen LogP contribution in [0.1, 0.15) is 16.6 Å². The maximum absolute atomic E-state index is 12.0. The average molecular weight is 408 g/mol. The summed E-state index contributed by atoms with van der Waals surface area (Å²) in [7, 11) is 0. The average Bonchev–Trinajstić information content (AvgIpc) is 3.40. The minimum atomic E-state index is -0.796. The summed E-state index contributed by atoms with van der Waals surface area (Å²) >= 11 is 0. The zero-order valence-electron chi connectivity index (χ0n) is 15.1. The van der Waals surface area contributed by atoms with E-state index in [1.54, 1.807) is 30.3 Å². The van der Waals surface area contributed by atoms with Crippen LogP contribution in [0.25, 0.3) is 32.0 Å². The van der Waals surface area contributed by atoms with Crippen molar-refractivity contribution in [3.63, 3.8) is 0 Å². The molecule has 0 spiro atoms. The van der Waals surface area contributed by atoms with Crippen LogP contribution in [0, 0.1) is 0 Å². The highest BCUT2D eigenvalue weighted by Gasteiger charge is 2.30. The van der Waals surface area contributed by atoms with Gasteiger partial charge in [0.25, 0.3) is 0 Å². The summed E-state index contributed by atoms with van der Waals surface area (Å²) in [5.41, 5.74) is 18.2. The predicted octanol–water partition coefficient (Wildman–Crippen LogP) is 3.44. The molecule has 14 nitrogen and oxygen atoms in total. The van der Waals surface area contributed by atoms with Gasteiger partial charge in [0, 0.05) is 9.82 Å². The van der Waals surface area contributed by atoms with E-state index in [2.05, 4.69) is 35.0 Å². The first-order chi connectivity index (χ1) is 14.7. The van der Waals surface area contributed by atoms with Gasteiger partial charge in [-0.1, -0.05) is 18.2 Å². The van der Waals surface area contributed by atoms with Crippen molar-refractivity contribution >= 4 is 28.9 Å². The molecule has 1 aliphatic rings. The highest BCUT2D eigenvalue weighted by atomic mass is 16.7. The second-order valence-electron chi connectivity index (χ2n) is 5.87. The Kier molecular flexibility index (Phi) is 5.37. The number of ether oxygens (including phenoxy) is 3. The molecule has 0 radical (unpaired) electrons. The van der Waals surface area contributed by atoms with Crippen LogP contribution >= 0.6 is 0 Å². The zero-order chi connectivity index (χ0) is 20.9. The summed E-state index contributed by atoms with van der Waals surface area (Å²) in [6.45, 7) is 0.0104. The Labute approximate surface area is 167 Å². The highest BCUT2D eigenvalue weighted by Crippen LogP contribution is 2.29. The maximum atomic E-state index is 12.0. The molecule has 1 aliphatic heterocycles. The van der Waals surface area contributed by atoms with Crippen LogP contribution in [0.15, 0.2) is 46.9 Å². The number of carbonyl (C=O) groups is 1. The van der Waals surface area contributed by atoms with Gasteiger partial charge in [0.05, 0.1) is 18.5 Å². The van der Waals surface area contributed by atoms with E-state index < -0.39 is 18.5 Å². The molecule has 2 aromatic heterocycles. The molecular weight excluding hydrogens is 396 g/mol. The number of rotatable bonds is 6. The third kappa shape index (κ3) is 3.83. The van der Waals surface area contributed by atoms with Gasteiger partial charge in [-0.25, -0.2) is 19.7 Å². The maximum Gasteiger partial charge on any atom is 0.338 e. The first-order valence-electron chi connectivity index (χ1n) is 8.53. The van der Waals surface area contributed by atoms with Crippen LogP contribution in [0.2, 0.25) is 0 Å². The zero-order valence-corrected chi connectivity index (χ0v) is 15.1. The number of aromatic nitrogens is 4. The topological polar surface area (TPSA) is 186 Å². The van der Waals surface area contributed by atoms with Crippen molar-refractivity contribution in [2.45, 2.75) is 12.5 Å². The Morgan fingerprint density at radius 2 is 2.03 bits per heavy atom. The van der Waals surface area contributed by atoms with Gasteiger partial charge >= 0.3 is 5.97 Å². The van der Waals surface area contributed by atoms with Gasteiger partial charge in [-0.05, 0) is 33.4 Å². The molecule has 0 aliphatic carbocycles. The number of carbonyl (C=O) groups excluding carboxylic acids is 1. The van der Waals surface area contributed by atoms with Crippen LogP contribution in [-0.2, 0) is 14.2 Å². The molecule has 1 aromatic carbocycles. The van der Waals surface area contributed by atoms with Crippen LogP contribution in [0.5, 0.6) is 0 Å². The Morgan fingerprint density at radius 3 is 2.80 bits per heavy atom. The van der Waals surface area contributed by atoms with Crippen molar-refractivity contribution in [3.8, 4) is 0 Å². The summed E-state index contributed by atoms with van der Waals surface area (Å²) < 4.78 is 18.0. The number of hydrogen-bond acceptors (Lipinski definition) is 9. The molecule has 0 amide bonds. The Bertz CT molecular complexity index is 1180. The van der Waals surface area contributed by atoms with E-state index in [4.69, 9.17) is 25.3 Å². The molecule has 1 fully saturated rings. The van der Waals surface area contributed by atoms with Gasteiger partial charge in [-0.15, -0.1) is 0 Å². The predicted molar refractivity (Wildman–Crippen MR) is 99.5 cm³/mol. The van der Waals surface area contributed by atoms with Crippen LogP contribution in [0.4, 0.5) is 11.8 Å². The number of azide groups is 2. The lowest BCUT2D eigenvalue weighted by Crippen LogP contribution is -2.20. The van der Waals surface area contributed by atoms with E-state index >= 15 is 0 Å². The molecule has 3 aromatic rings. The van der Waals surface area contributed by atoms with Crippen molar-refractivity contribution in [2.24, 2.45) is 10.2 Å². The van der Waals surface area contributed by atoms with Crippen molar-refractivity contribution in [1.29, 1.82) is 0 Å². The van der Waals surface area contributed by atoms with Gasteiger partial charge in [0.2, 0.25) is 5.95 Å². The lowest BCUT2D eigenvalue weighted by molar-refractivity contribution is -0.102. The normalized spacial score (nSPS) is 17.9. The lowest BCUT2D eigenvalue weighted by Gasteiger charge is -2.13. The SMILES string of the molecule is [N-]=[N+]=Nc1nc(N=[N+]=[N-])c2ncn([C@@H]3CO[C@H](COC(=O)c4ccccc4)O3)c2n1. The first kappa shape index (κ1) is 19.1. The van der Waals surface area contributed by atoms with Crippen LogP contribution < -0.4 is 0 Å². The quantitative estimate of drug-likeness (QED) is 0.258. The van der Waals surface area contributed by atoms with Gasteiger partial charge in [-0.2, -0.15) is 0 Å². The van der Waals surface area contributed by atoms with Gasteiger partial charge in [0.15, 0.2) is 24.0 Å². The number of nitrogens with zero attached hydrogens (tertiary/aromatic N) is 10. The molecule has 14 heteroatoms. The van der Waals surface area contributed by atoms with Gasteiger partial charge in [0.1, 0.15) is 12.1 Å². The second-order valence-corrected chi connectivity index (χ2v) is 5.87. The number of fused-ring (bicyclic) bond motifs is 1. The molecule has 1 saturated heterocycles. The van der Waals surface area contributed by atoms with E-state index in [0.717, 1.165) is 0 Å². The standard InChI is InChI=1S/C16H12N10O4/c17-24-22-13-12-14(21-16(20-13)23-25-18)26(8-19-12)10-6-28-11(30-10)7-29-15(27)9-4-2-1-3-5-9/h1-5,8,10-11H,6-7H2/t10-,11-/m0/s1. The monoisotopic (exact) mass is 408 g/mol. The van der Waals surface area contributed by atoms with E-state index in [0.29, 0.717) is 5.56 Å². The minimum absolute atomic E-state index is 0.0871. The molecule has 3 heterocycles. The molecule has 150 valence electrons. The fourth-order valence-corrected chi connectivity index (χ4v) is 2.78. The molecule has 0 N–H and O–H groups in total. The third-order valence-electron chi connectivity index (χ3n) is 4.07. The van der Waals surface area contributed by atoms with E-state index in [1.165, 1.54) is 10.9 Å². The Hall–Kier alpha value is -4.22. The molecular formula is C16H12N10O4. The van der Waals surface area contributed by atoms with Crippen molar-refractivity contribution in [3.05, 3.63) is 63.1 Å².